The van der Waals surface area contributed by atoms with Crippen LogP contribution in [-0.2, 0) is 17.9 Å². The molecule has 1 aromatic heterocycles. The number of hydrogen-bond donors (Lipinski definition) is 2. The maximum absolute atomic E-state index is 11.8. The van der Waals surface area contributed by atoms with Gasteiger partial charge in [-0.2, -0.15) is 0 Å². The molecule has 1 rings (SSSR count). The maximum atomic E-state index is 11.8. The quantitative estimate of drug-likeness (QED) is 0.756. The number of carbonyl (C=O) groups is 1. The first-order valence-corrected chi connectivity index (χ1v) is 7.17. The summed E-state index contributed by atoms with van der Waals surface area (Å²) in [5, 5.41) is 6.10. The van der Waals surface area contributed by atoms with Gasteiger partial charge < -0.3 is 15.2 Å². The molecule has 19 heavy (non-hydrogen) atoms. The van der Waals surface area contributed by atoms with Crippen LogP contribution in [0.2, 0.25) is 0 Å². The second-order valence-corrected chi connectivity index (χ2v) is 5.37. The molecule has 2 N–H and O–H groups in total. The Labute approximate surface area is 116 Å². The largest absolute Gasteiger partial charge is 0.358 e. The molecule has 0 aliphatic heterocycles. The van der Waals surface area contributed by atoms with E-state index in [9.17, 15) is 4.79 Å². The van der Waals surface area contributed by atoms with Crippen molar-refractivity contribution in [3.05, 3.63) is 24.0 Å². The van der Waals surface area contributed by atoms with Crippen molar-refractivity contribution in [2.24, 2.45) is 5.92 Å². The van der Waals surface area contributed by atoms with E-state index in [1.54, 1.807) is 7.05 Å². The molecule has 1 atom stereocenters. The molecule has 0 aliphatic rings. The third kappa shape index (κ3) is 5.07. The zero-order valence-electron chi connectivity index (χ0n) is 12.6. The number of rotatable bonds is 8. The van der Waals surface area contributed by atoms with E-state index in [1.165, 1.54) is 5.69 Å². The van der Waals surface area contributed by atoms with Crippen molar-refractivity contribution in [3.63, 3.8) is 0 Å². The smallest absolute Gasteiger partial charge is 0.236 e. The van der Waals surface area contributed by atoms with Crippen molar-refractivity contribution in [3.8, 4) is 0 Å². The Kier molecular flexibility index (Phi) is 6.64. The van der Waals surface area contributed by atoms with Crippen molar-refractivity contribution in [2.75, 3.05) is 7.05 Å². The van der Waals surface area contributed by atoms with E-state index in [1.807, 2.05) is 0 Å². The van der Waals surface area contributed by atoms with Gasteiger partial charge in [0.25, 0.3) is 0 Å². The van der Waals surface area contributed by atoms with Gasteiger partial charge in [-0.15, -0.1) is 0 Å². The second-order valence-electron chi connectivity index (χ2n) is 5.37. The number of aryl methyl sites for hydroxylation is 1. The fourth-order valence-corrected chi connectivity index (χ4v) is 2.23. The Balaban J connectivity index is 2.59. The first kappa shape index (κ1) is 15.8. The summed E-state index contributed by atoms with van der Waals surface area (Å²) in [7, 11) is 1.69. The van der Waals surface area contributed by atoms with E-state index in [-0.39, 0.29) is 11.9 Å². The molecule has 1 aromatic rings. The predicted octanol–water partition coefficient (Wildman–Crippen LogP) is 2.15. The lowest BCUT2D eigenvalue weighted by Crippen LogP contribution is -2.43. The zero-order valence-corrected chi connectivity index (χ0v) is 12.6. The molecule has 0 bridgehead atoms. The van der Waals surface area contributed by atoms with Crippen LogP contribution in [0.3, 0.4) is 0 Å². The summed E-state index contributed by atoms with van der Waals surface area (Å²) >= 11 is 0. The summed E-state index contributed by atoms with van der Waals surface area (Å²) in [4.78, 5) is 11.8. The average Bonchev–Trinajstić information content (AvgIpc) is 2.81. The minimum Gasteiger partial charge on any atom is -0.358 e. The standard InChI is InChI=1S/C15H27N3O/c1-5-8-18-9-6-7-13(18)11-17-14(10-12(2)3)15(19)16-4/h6-7,9,12,14,17H,5,8,10-11H2,1-4H3,(H,16,19). The minimum absolute atomic E-state index is 0.0716. The molecule has 108 valence electrons. The van der Waals surface area contributed by atoms with Crippen molar-refractivity contribution < 1.29 is 4.79 Å². The summed E-state index contributed by atoms with van der Waals surface area (Å²) in [5.74, 6) is 0.569. The Hall–Kier alpha value is -1.29. The monoisotopic (exact) mass is 265 g/mol. The van der Waals surface area contributed by atoms with E-state index in [2.05, 4.69) is 54.3 Å². The van der Waals surface area contributed by atoms with Crippen LogP contribution in [-0.4, -0.2) is 23.6 Å². The normalized spacial score (nSPS) is 12.7. The molecule has 0 radical (unpaired) electrons. The first-order chi connectivity index (χ1) is 9.08. The van der Waals surface area contributed by atoms with Gasteiger partial charge in [0.15, 0.2) is 0 Å². The Bertz CT molecular complexity index is 384. The Morgan fingerprint density at radius 1 is 1.42 bits per heavy atom. The molecule has 4 heteroatoms. The van der Waals surface area contributed by atoms with Gasteiger partial charge in [-0.25, -0.2) is 0 Å². The highest BCUT2D eigenvalue weighted by Crippen LogP contribution is 2.08. The van der Waals surface area contributed by atoms with Crippen LogP contribution >= 0.6 is 0 Å². The van der Waals surface area contributed by atoms with Gasteiger partial charge in [-0.1, -0.05) is 20.8 Å². The molecule has 0 saturated heterocycles. The van der Waals surface area contributed by atoms with E-state index >= 15 is 0 Å². The number of carbonyl (C=O) groups excluding carboxylic acids is 1. The highest BCUT2D eigenvalue weighted by Gasteiger charge is 2.18. The Morgan fingerprint density at radius 3 is 2.74 bits per heavy atom. The van der Waals surface area contributed by atoms with Crippen LogP contribution < -0.4 is 10.6 Å². The number of aromatic nitrogens is 1. The Morgan fingerprint density at radius 2 is 2.16 bits per heavy atom. The van der Waals surface area contributed by atoms with Gasteiger partial charge >= 0.3 is 0 Å². The predicted molar refractivity (Wildman–Crippen MR) is 78.9 cm³/mol. The lowest BCUT2D eigenvalue weighted by molar-refractivity contribution is -0.123. The summed E-state index contributed by atoms with van der Waals surface area (Å²) in [6.07, 6.45) is 4.07. The summed E-state index contributed by atoms with van der Waals surface area (Å²) < 4.78 is 2.24. The molecule has 4 nitrogen and oxygen atoms in total. The highest BCUT2D eigenvalue weighted by atomic mass is 16.2. The second kappa shape index (κ2) is 8.00. The molecule has 0 fully saturated rings. The van der Waals surface area contributed by atoms with Crippen LogP contribution in [0.5, 0.6) is 0 Å². The topological polar surface area (TPSA) is 46.1 Å². The van der Waals surface area contributed by atoms with Crippen LogP contribution in [0.15, 0.2) is 18.3 Å². The number of amides is 1. The van der Waals surface area contributed by atoms with Gasteiger partial charge in [0, 0.05) is 32.0 Å². The van der Waals surface area contributed by atoms with Crippen molar-refractivity contribution in [2.45, 2.75) is 52.7 Å². The van der Waals surface area contributed by atoms with E-state index in [0.717, 1.165) is 25.9 Å². The third-order valence-corrected chi connectivity index (χ3v) is 3.19. The van der Waals surface area contributed by atoms with Gasteiger partial charge in [-0.3, -0.25) is 4.79 Å². The summed E-state index contributed by atoms with van der Waals surface area (Å²) in [5.41, 5.74) is 1.24. The van der Waals surface area contributed by atoms with Gasteiger partial charge in [0.2, 0.25) is 5.91 Å². The third-order valence-electron chi connectivity index (χ3n) is 3.19. The highest BCUT2D eigenvalue weighted by molar-refractivity contribution is 5.81. The minimum atomic E-state index is -0.116. The molecular formula is C15H27N3O. The molecule has 1 amide bonds. The first-order valence-electron chi connectivity index (χ1n) is 7.17. The molecule has 1 unspecified atom stereocenters. The molecule has 0 spiro atoms. The molecule has 0 aromatic carbocycles. The zero-order chi connectivity index (χ0) is 14.3. The number of hydrogen-bond acceptors (Lipinski definition) is 2. The molecule has 0 saturated carbocycles. The summed E-state index contributed by atoms with van der Waals surface area (Å²) in [6.45, 7) is 8.20. The number of nitrogens with zero attached hydrogens (tertiary/aromatic N) is 1. The van der Waals surface area contributed by atoms with E-state index in [4.69, 9.17) is 0 Å². The molecular weight excluding hydrogens is 238 g/mol. The maximum Gasteiger partial charge on any atom is 0.236 e. The lowest BCUT2D eigenvalue weighted by Gasteiger charge is -2.19. The SMILES string of the molecule is CCCn1cccc1CNC(CC(C)C)C(=O)NC. The van der Waals surface area contributed by atoms with Crippen LogP contribution in [0.4, 0.5) is 0 Å². The van der Waals surface area contributed by atoms with Crippen LogP contribution in [0.25, 0.3) is 0 Å². The van der Waals surface area contributed by atoms with Gasteiger partial charge in [0.1, 0.15) is 0 Å². The lowest BCUT2D eigenvalue weighted by atomic mass is 10.0. The van der Waals surface area contributed by atoms with Crippen molar-refractivity contribution in [1.29, 1.82) is 0 Å². The van der Waals surface area contributed by atoms with Crippen molar-refractivity contribution >= 4 is 5.91 Å². The van der Waals surface area contributed by atoms with Crippen molar-refractivity contribution in [1.82, 2.24) is 15.2 Å². The number of likely N-dealkylation sites (N-methyl/N-ethyl adjacent to an activating group) is 1. The van der Waals surface area contributed by atoms with E-state index in [0.29, 0.717) is 5.92 Å². The van der Waals surface area contributed by atoms with Crippen LogP contribution in [0.1, 0.15) is 39.3 Å². The van der Waals surface area contributed by atoms with Gasteiger partial charge in [0.05, 0.1) is 6.04 Å². The number of nitrogens with one attached hydrogen (secondary N) is 2. The van der Waals surface area contributed by atoms with Crippen LogP contribution in [0, 0.1) is 5.92 Å². The van der Waals surface area contributed by atoms with Gasteiger partial charge in [-0.05, 0) is 30.9 Å². The molecule has 1 heterocycles. The molecule has 0 aliphatic carbocycles. The fraction of sp³-hybridized carbons (Fsp3) is 0.667. The fourth-order valence-electron chi connectivity index (χ4n) is 2.23. The summed E-state index contributed by atoms with van der Waals surface area (Å²) in [6, 6.07) is 4.05. The van der Waals surface area contributed by atoms with E-state index < -0.39 is 0 Å². The average molecular weight is 265 g/mol.